The van der Waals surface area contributed by atoms with Crippen LogP contribution in [-0.4, -0.2) is 16.9 Å². The second-order valence-electron chi connectivity index (χ2n) is 5.71. The third-order valence-electron chi connectivity index (χ3n) is 3.95. The molecule has 0 aliphatic rings. The molecule has 1 aromatic heterocycles. The number of carbonyl (C=O) groups is 2. The molecule has 0 aliphatic carbocycles. The van der Waals surface area contributed by atoms with Gasteiger partial charge in [0.15, 0.2) is 5.78 Å². The number of nitrogens with one attached hydrogen (secondary N) is 1. The van der Waals surface area contributed by atoms with Crippen molar-refractivity contribution >= 4 is 29.0 Å². The molecule has 1 atom stereocenters. The minimum absolute atomic E-state index is 0.0202. The van der Waals surface area contributed by atoms with Crippen molar-refractivity contribution in [3.63, 3.8) is 0 Å². The molecule has 3 aromatic rings. The van der Waals surface area contributed by atoms with E-state index in [1.54, 1.807) is 55.5 Å². The maximum atomic E-state index is 13.0. The maximum Gasteiger partial charge on any atom is 0.339 e. The van der Waals surface area contributed by atoms with Crippen molar-refractivity contribution < 1.29 is 19.1 Å². The summed E-state index contributed by atoms with van der Waals surface area (Å²) < 4.78 is 5.59. The van der Waals surface area contributed by atoms with Gasteiger partial charge in [-0.05, 0) is 25.1 Å². The number of carboxylic acids is 1. The van der Waals surface area contributed by atoms with Gasteiger partial charge in [0.2, 0.25) is 0 Å². The molecule has 132 valence electrons. The lowest BCUT2D eigenvalue weighted by Crippen LogP contribution is -2.21. The fourth-order valence-corrected chi connectivity index (χ4v) is 2.82. The van der Waals surface area contributed by atoms with E-state index in [4.69, 9.17) is 16.0 Å². The second kappa shape index (κ2) is 7.45. The predicted octanol–water partition coefficient (Wildman–Crippen LogP) is 4.98. The number of halogens is 1. The minimum Gasteiger partial charge on any atom is -0.478 e. The third kappa shape index (κ3) is 3.63. The van der Waals surface area contributed by atoms with Crippen LogP contribution < -0.4 is 5.32 Å². The molecule has 0 saturated carbocycles. The Bertz CT molecular complexity index is 949. The Morgan fingerprint density at radius 3 is 2.35 bits per heavy atom. The van der Waals surface area contributed by atoms with E-state index >= 15 is 0 Å². The Balaban J connectivity index is 2.04. The number of ketones is 1. The van der Waals surface area contributed by atoms with Gasteiger partial charge in [0.1, 0.15) is 23.1 Å². The van der Waals surface area contributed by atoms with Crippen LogP contribution in [0, 0.1) is 6.92 Å². The fraction of sp³-hybridized carbons (Fsp3) is 0.100. The molecule has 3 rings (SSSR count). The highest BCUT2D eigenvalue weighted by Gasteiger charge is 2.28. The number of para-hydroxylation sites is 1. The van der Waals surface area contributed by atoms with Crippen molar-refractivity contribution in [2.45, 2.75) is 13.0 Å². The van der Waals surface area contributed by atoms with Crippen molar-refractivity contribution in [1.82, 2.24) is 0 Å². The van der Waals surface area contributed by atoms with E-state index in [1.165, 1.54) is 6.07 Å². The zero-order valence-electron chi connectivity index (χ0n) is 13.9. The number of furan rings is 1. The highest BCUT2D eigenvalue weighted by atomic mass is 35.5. The lowest BCUT2D eigenvalue weighted by Gasteiger charge is -2.18. The van der Waals surface area contributed by atoms with Crippen LogP contribution in [-0.2, 0) is 0 Å². The molecule has 2 aromatic carbocycles. The zero-order valence-corrected chi connectivity index (χ0v) is 14.7. The number of Topliss-reactive ketones (excluding diaryl/α,β-unsaturated/α-hetero) is 1. The Kier molecular flexibility index (Phi) is 5.09. The van der Waals surface area contributed by atoms with Crippen molar-refractivity contribution in [3.05, 3.63) is 88.3 Å². The molecule has 1 unspecified atom stereocenters. The average molecular weight is 370 g/mol. The largest absolute Gasteiger partial charge is 0.478 e. The van der Waals surface area contributed by atoms with Crippen molar-refractivity contribution in [2.75, 3.05) is 5.32 Å². The Hall–Kier alpha value is -3.05. The van der Waals surface area contributed by atoms with Crippen LogP contribution >= 0.6 is 11.6 Å². The molecule has 5 nitrogen and oxygen atoms in total. The Morgan fingerprint density at radius 2 is 1.73 bits per heavy atom. The summed E-state index contributed by atoms with van der Waals surface area (Å²) in [7, 11) is 0. The number of benzene rings is 2. The van der Waals surface area contributed by atoms with Crippen LogP contribution in [0.2, 0.25) is 5.02 Å². The van der Waals surface area contributed by atoms with Crippen LogP contribution in [0.3, 0.4) is 0 Å². The summed E-state index contributed by atoms with van der Waals surface area (Å²) in [5.74, 6) is -0.912. The summed E-state index contributed by atoms with van der Waals surface area (Å²) in [6.07, 6.45) is 0. The number of hydrogen-bond donors (Lipinski definition) is 2. The molecule has 26 heavy (non-hydrogen) atoms. The van der Waals surface area contributed by atoms with Gasteiger partial charge >= 0.3 is 5.97 Å². The Labute approximate surface area is 155 Å². The molecule has 1 heterocycles. The third-order valence-corrected chi connectivity index (χ3v) is 4.28. The van der Waals surface area contributed by atoms with E-state index < -0.39 is 12.0 Å². The number of rotatable bonds is 6. The number of hydrogen-bond acceptors (Lipinski definition) is 4. The van der Waals surface area contributed by atoms with Gasteiger partial charge in [-0.1, -0.05) is 54.1 Å². The molecule has 2 N–H and O–H groups in total. The van der Waals surface area contributed by atoms with Gasteiger partial charge in [0.25, 0.3) is 0 Å². The summed E-state index contributed by atoms with van der Waals surface area (Å²) in [6, 6.07) is 16.2. The molecule has 0 spiro atoms. The van der Waals surface area contributed by atoms with E-state index in [2.05, 4.69) is 5.32 Å². The molecule has 0 aliphatic heterocycles. The van der Waals surface area contributed by atoms with Gasteiger partial charge in [0, 0.05) is 5.56 Å². The summed E-state index contributed by atoms with van der Waals surface area (Å²) in [5, 5.41) is 12.8. The second-order valence-corrected chi connectivity index (χ2v) is 6.12. The van der Waals surface area contributed by atoms with Gasteiger partial charge in [0.05, 0.1) is 10.7 Å². The summed E-state index contributed by atoms with van der Waals surface area (Å²) in [4.78, 5) is 24.4. The highest BCUT2D eigenvalue weighted by molar-refractivity contribution is 6.33. The summed E-state index contributed by atoms with van der Waals surface area (Å²) in [5.41, 5.74) is 1.05. The van der Waals surface area contributed by atoms with Gasteiger partial charge in [-0.3, -0.25) is 4.79 Å². The van der Waals surface area contributed by atoms with Crippen LogP contribution in [0.15, 0.2) is 65.1 Å². The molecule has 0 radical (unpaired) electrons. The number of aromatic carboxylic acids is 1. The molecule has 0 bridgehead atoms. The van der Waals surface area contributed by atoms with Crippen LogP contribution in [0.4, 0.5) is 5.69 Å². The zero-order chi connectivity index (χ0) is 18.7. The smallest absolute Gasteiger partial charge is 0.339 e. The Morgan fingerprint density at radius 1 is 1.08 bits per heavy atom. The molecular formula is C20H16ClNO4. The van der Waals surface area contributed by atoms with Crippen molar-refractivity contribution in [3.8, 4) is 0 Å². The predicted molar refractivity (Wildman–Crippen MR) is 99.0 cm³/mol. The number of carboxylic acid groups (broad SMARTS) is 1. The first-order valence-electron chi connectivity index (χ1n) is 7.91. The van der Waals surface area contributed by atoms with Crippen LogP contribution in [0.5, 0.6) is 0 Å². The highest BCUT2D eigenvalue weighted by Crippen LogP contribution is 2.30. The number of aryl methyl sites for hydroxylation is 1. The van der Waals surface area contributed by atoms with Gasteiger partial charge in [-0.25, -0.2) is 4.79 Å². The molecular weight excluding hydrogens is 354 g/mol. The summed E-state index contributed by atoms with van der Waals surface area (Å²) >= 11 is 6.19. The lowest BCUT2D eigenvalue weighted by molar-refractivity contribution is 0.0694. The van der Waals surface area contributed by atoms with E-state index in [0.717, 1.165) is 0 Å². The van der Waals surface area contributed by atoms with E-state index in [1.807, 2.05) is 6.07 Å². The van der Waals surface area contributed by atoms with E-state index in [-0.39, 0.29) is 22.9 Å². The van der Waals surface area contributed by atoms with Gasteiger partial charge in [-0.15, -0.1) is 0 Å². The first-order chi connectivity index (χ1) is 12.5. The summed E-state index contributed by atoms with van der Waals surface area (Å²) in [6.45, 7) is 1.55. The van der Waals surface area contributed by atoms with Crippen LogP contribution in [0.25, 0.3) is 0 Å². The number of carbonyl (C=O) groups excluding carboxylic acids is 1. The molecule has 0 amide bonds. The van der Waals surface area contributed by atoms with Crippen molar-refractivity contribution in [1.29, 1.82) is 0 Å². The van der Waals surface area contributed by atoms with Gasteiger partial charge < -0.3 is 14.8 Å². The standard InChI is InChI=1S/C20H16ClNO4/c1-12-14(20(24)25)11-17(26-12)18(19(23)13-7-3-2-4-8-13)22-16-10-6-5-9-15(16)21/h2-11,18,22H,1H3,(H,24,25). The van der Waals surface area contributed by atoms with E-state index in [9.17, 15) is 14.7 Å². The quantitative estimate of drug-likeness (QED) is 0.599. The topological polar surface area (TPSA) is 79.5 Å². The minimum atomic E-state index is -1.11. The van der Waals surface area contributed by atoms with Gasteiger partial charge in [-0.2, -0.15) is 0 Å². The number of anilines is 1. The average Bonchev–Trinajstić information content (AvgIpc) is 3.03. The molecule has 0 saturated heterocycles. The monoisotopic (exact) mass is 369 g/mol. The van der Waals surface area contributed by atoms with E-state index in [0.29, 0.717) is 16.3 Å². The fourth-order valence-electron chi connectivity index (χ4n) is 2.63. The molecule has 0 fully saturated rings. The SMILES string of the molecule is Cc1oc(C(Nc2ccccc2Cl)C(=O)c2ccccc2)cc1C(=O)O. The molecule has 6 heteroatoms. The maximum absolute atomic E-state index is 13.0. The van der Waals surface area contributed by atoms with Crippen LogP contribution in [0.1, 0.15) is 38.3 Å². The first-order valence-corrected chi connectivity index (χ1v) is 8.29. The normalized spacial score (nSPS) is 11.8. The lowest BCUT2D eigenvalue weighted by atomic mass is 10.0. The first kappa shape index (κ1) is 17.8. The van der Waals surface area contributed by atoms with Crippen molar-refractivity contribution in [2.24, 2.45) is 0 Å².